The molecule has 0 unspecified atom stereocenters. The Morgan fingerprint density at radius 3 is 2.95 bits per heavy atom. The third-order valence-corrected chi connectivity index (χ3v) is 3.18. The average Bonchev–Trinajstić information content (AvgIpc) is 2.83. The van der Waals surface area contributed by atoms with E-state index in [0.717, 1.165) is 23.1 Å². The molecule has 6 heteroatoms. The van der Waals surface area contributed by atoms with E-state index < -0.39 is 0 Å². The van der Waals surface area contributed by atoms with Crippen molar-refractivity contribution < 1.29 is 9.53 Å². The van der Waals surface area contributed by atoms with Crippen molar-refractivity contribution in [3.05, 3.63) is 40.4 Å². The molecule has 2 rings (SSSR count). The molecule has 0 aliphatic carbocycles. The molecule has 0 aliphatic rings. The van der Waals surface area contributed by atoms with Crippen LogP contribution in [0.25, 0.3) is 0 Å². The van der Waals surface area contributed by atoms with Crippen LogP contribution in [0.1, 0.15) is 30.0 Å². The fourth-order valence-corrected chi connectivity index (χ4v) is 2.16. The van der Waals surface area contributed by atoms with Gasteiger partial charge in [0.25, 0.3) is 0 Å². The van der Waals surface area contributed by atoms with E-state index in [1.165, 1.54) is 6.33 Å². The fraction of sp³-hybridized carbons (Fsp3) is 0.357. The first-order valence-electron chi connectivity index (χ1n) is 6.34. The molecule has 0 saturated carbocycles. The van der Waals surface area contributed by atoms with Gasteiger partial charge in [-0.3, -0.25) is 4.79 Å². The molecule has 5 nitrogen and oxygen atoms in total. The number of rotatable bonds is 6. The van der Waals surface area contributed by atoms with Crippen LogP contribution in [0.3, 0.4) is 0 Å². The fourth-order valence-electron chi connectivity index (χ4n) is 1.78. The minimum atomic E-state index is 0.287. The highest BCUT2D eigenvalue weighted by molar-refractivity contribution is 9.10. The summed E-state index contributed by atoms with van der Waals surface area (Å²) in [5.41, 5.74) is 0.509. The van der Waals surface area contributed by atoms with Gasteiger partial charge in [0.1, 0.15) is 18.7 Å². The minimum Gasteiger partial charge on any atom is -0.485 e. The molecular weight excluding hydrogens is 322 g/mol. The Morgan fingerprint density at radius 2 is 2.25 bits per heavy atom. The second-order valence-electron chi connectivity index (χ2n) is 4.84. The zero-order valence-corrected chi connectivity index (χ0v) is 13.0. The summed E-state index contributed by atoms with van der Waals surface area (Å²) in [6, 6.07) is 5.32. The lowest BCUT2D eigenvalue weighted by Gasteiger charge is -2.11. The Bertz CT molecular complexity index is 596. The van der Waals surface area contributed by atoms with Gasteiger partial charge in [-0.2, -0.15) is 5.10 Å². The molecule has 20 heavy (non-hydrogen) atoms. The SMILES string of the molecule is CC(C)Cn1ncnc1COc1ccc(Br)cc1C=O. The minimum absolute atomic E-state index is 0.287. The third-order valence-electron chi connectivity index (χ3n) is 2.69. The molecule has 0 amide bonds. The molecule has 0 bridgehead atoms. The lowest BCUT2D eigenvalue weighted by molar-refractivity contribution is 0.111. The van der Waals surface area contributed by atoms with E-state index in [-0.39, 0.29) is 6.61 Å². The molecule has 1 aromatic carbocycles. The lowest BCUT2D eigenvalue weighted by atomic mass is 10.2. The van der Waals surface area contributed by atoms with Crippen LogP contribution >= 0.6 is 15.9 Å². The Labute approximate surface area is 126 Å². The van der Waals surface area contributed by atoms with Crippen molar-refractivity contribution in [2.24, 2.45) is 5.92 Å². The van der Waals surface area contributed by atoms with E-state index in [2.05, 4.69) is 39.9 Å². The second kappa shape index (κ2) is 6.65. The van der Waals surface area contributed by atoms with E-state index in [1.54, 1.807) is 12.1 Å². The highest BCUT2D eigenvalue weighted by Crippen LogP contribution is 2.22. The molecule has 0 saturated heterocycles. The number of nitrogens with zero attached hydrogens (tertiary/aromatic N) is 3. The van der Waals surface area contributed by atoms with Gasteiger partial charge in [-0.25, -0.2) is 9.67 Å². The maximum atomic E-state index is 11.0. The van der Waals surface area contributed by atoms with Crippen molar-refractivity contribution in [3.8, 4) is 5.75 Å². The summed E-state index contributed by atoms with van der Waals surface area (Å²) < 4.78 is 8.34. The topological polar surface area (TPSA) is 57.0 Å². The van der Waals surface area contributed by atoms with E-state index in [0.29, 0.717) is 17.2 Å². The molecule has 0 N–H and O–H groups in total. The van der Waals surface area contributed by atoms with Crippen LogP contribution in [0.15, 0.2) is 29.0 Å². The first-order valence-corrected chi connectivity index (χ1v) is 7.13. The quantitative estimate of drug-likeness (QED) is 0.760. The maximum Gasteiger partial charge on any atom is 0.164 e. The molecular formula is C14H16BrN3O2. The summed E-state index contributed by atoms with van der Waals surface area (Å²) in [4.78, 5) is 15.2. The van der Waals surface area contributed by atoms with Gasteiger partial charge in [0.2, 0.25) is 0 Å². The zero-order valence-electron chi connectivity index (χ0n) is 11.4. The number of ether oxygens (including phenoxy) is 1. The predicted octanol–water partition coefficient (Wildman–Crippen LogP) is 3.09. The van der Waals surface area contributed by atoms with E-state index in [1.807, 2.05) is 10.7 Å². The van der Waals surface area contributed by atoms with Gasteiger partial charge in [-0.1, -0.05) is 29.8 Å². The first kappa shape index (κ1) is 14.7. The number of hydrogen-bond acceptors (Lipinski definition) is 4. The third kappa shape index (κ3) is 3.66. The number of aldehydes is 1. The molecule has 106 valence electrons. The Morgan fingerprint density at radius 1 is 1.45 bits per heavy atom. The molecule has 0 fully saturated rings. The van der Waals surface area contributed by atoms with E-state index in [4.69, 9.17) is 4.74 Å². The monoisotopic (exact) mass is 337 g/mol. The van der Waals surface area contributed by atoms with Crippen LogP contribution in [0.4, 0.5) is 0 Å². The van der Waals surface area contributed by atoms with E-state index in [9.17, 15) is 4.79 Å². The van der Waals surface area contributed by atoms with Gasteiger partial charge in [0.05, 0.1) is 5.56 Å². The Kier molecular flexibility index (Phi) is 4.89. The largest absolute Gasteiger partial charge is 0.485 e. The van der Waals surface area contributed by atoms with Crippen LogP contribution in [-0.4, -0.2) is 21.1 Å². The first-order chi connectivity index (χ1) is 9.60. The summed E-state index contributed by atoms with van der Waals surface area (Å²) >= 11 is 3.32. The van der Waals surface area contributed by atoms with Crippen LogP contribution < -0.4 is 4.74 Å². The van der Waals surface area contributed by atoms with Crippen molar-refractivity contribution in [2.45, 2.75) is 27.0 Å². The van der Waals surface area contributed by atoms with Crippen molar-refractivity contribution in [3.63, 3.8) is 0 Å². The average molecular weight is 338 g/mol. The van der Waals surface area contributed by atoms with Gasteiger partial charge in [-0.05, 0) is 24.1 Å². The van der Waals surface area contributed by atoms with Gasteiger partial charge in [0.15, 0.2) is 12.1 Å². The zero-order chi connectivity index (χ0) is 14.5. The molecule has 0 atom stereocenters. The summed E-state index contributed by atoms with van der Waals surface area (Å²) in [6.45, 7) is 5.31. The number of carbonyl (C=O) groups is 1. The van der Waals surface area contributed by atoms with Crippen molar-refractivity contribution >= 4 is 22.2 Å². The second-order valence-corrected chi connectivity index (χ2v) is 5.76. The van der Waals surface area contributed by atoms with Crippen molar-refractivity contribution in [1.82, 2.24) is 14.8 Å². The summed E-state index contributed by atoms with van der Waals surface area (Å²) in [6.07, 6.45) is 2.29. The van der Waals surface area contributed by atoms with Crippen molar-refractivity contribution in [1.29, 1.82) is 0 Å². The Balaban J connectivity index is 2.09. The normalized spacial score (nSPS) is 10.8. The van der Waals surface area contributed by atoms with Gasteiger partial charge in [-0.15, -0.1) is 0 Å². The molecule has 1 aromatic heterocycles. The number of benzene rings is 1. The molecule has 1 heterocycles. The number of aromatic nitrogens is 3. The van der Waals surface area contributed by atoms with Crippen LogP contribution in [0, 0.1) is 5.92 Å². The van der Waals surface area contributed by atoms with Crippen LogP contribution in [0.2, 0.25) is 0 Å². The molecule has 0 radical (unpaired) electrons. The smallest absolute Gasteiger partial charge is 0.164 e. The summed E-state index contributed by atoms with van der Waals surface area (Å²) in [7, 11) is 0. The number of carbonyl (C=O) groups excluding carboxylic acids is 1. The van der Waals surface area contributed by atoms with Crippen molar-refractivity contribution in [2.75, 3.05) is 0 Å². The highest BCUT2D eigenvalue weighted by Gasteiger charge is 2.09. The van der Waals surface area contributed by atoms with E-state index >= 15 is 0 Å². The standard InChI is InChI=1S/C14H16BrN3O2/c1-10(2)6-18-14(16-9-17-18)8-20-13-4-3-12(15)5-11(13)7-19/h3-5,7,9-10H,6,8H2,1-2H3. The summed E-state index contributed by atoms with van der Waals surface area (Å²) in [5.74, 6) is 1.77. The number of hydrogen-bond donors (Lipinski definition) is 0. The lowest BCUT2D eigenvalue weighted by Crippen LogP contribution is -2.12. The maximum absolute atomic E-state index is 11.0. The summed E-state index contributed by atoms with van der Waals surface area (Å²) in [5, 5.41) is 4.17. The van der Waals surface area contributed by atoms with Gasteiger partial charge in [0, 0.05) is 11.0 Å². The molecule has 2 aromatic rings. The number of halogens is 1. The van der Waals surface area contributed by atoms with Crippen LogP contribution in [0.5, 0.6) is 5.75 Å². The highest BCUT2D eigenvalue weighted by atomic mass is 79.9. The molecule has 0 spiro atoms. The predicted molar refractivity (Wildman–Crippen MR) is 78.7 cm³/mol. The molecule has 0 aliphatic heterocycles. The Hall–Kier alpha value is -1.69. The van der Waals surface area contributed by atoms with Gasteiger partial charge < -0.3 is 4.74 Å². The van der Waals surface area contributed by atoms with Crippen LogP contribution in [-0.2, 0) is 13.2 Å². The van der Waals surface area contributed by atoms with Gasteiger partial charge >= 0.3 is 0 Å².